The van der Waals surface area contributed by atoms with E-state index in [1.165, 1.54) is 6.42 Å². The van der Waals surface area contributed by atoms with Crippen LogP contribution in [0.25, 0.3) is 0 Å². The zero-order valence-electron chi connectivity index (χ0n) is 11.8. The zero-order chi connectivity index (χ0) is 12.7. The lowest BCUT2D eigenvalue weighted by molar-refractivity contribution is -0.154. The predicted molar refractivity (Wildman–Crippen MR) is 68.4 cm³/mol. The lowest BCUT2D eigenvalue weighted by atomic mass is 9.70. The van der Waals surface area contributed by atoms with E-state index >= 15 is 0 Å². The standard InChI is InChI=1S/C15H26O2/c1-8(2)7-17-15(16)14-11(5)12-6-13(14)10(4)9(12)3/h8-14H,6-7H2,1-5H3. The predicted octanol–water partition coefficient (Wildman–Crippen LogP) is 3.36. The third kappa shape index (κ3) is 2.11. The summed E-state index contributed by atoms with van der Waals surface area (Å²) in [6.07, 6.45) is 1.24. The molecule has 0 saturated heterocycles. The first-order chi connectivity index (χ1) is 7.93. The largest absolute Gasteiger partial charge is 0.465 e. The molecule has 0 aromatic carbocycles. The van der Waals surface area contributed by atoms with Crippen LogP contribution in [-0.4, -0.2) is 12.6 Å². The van der Waals surface area contributed by atoms with E-state index in [-0.39, 0.29) is 11.9 Å². The van der Waals surface area contributed by atoms with Gasteiger partial charge in [-0.15, -0.1) is 0 Å². The number of hydrogen-bond acceptors (Lipinski definition) is 2. The molecule has 6 atom stereocenters. The summed E-state index contributed by atoms with van der Waals surface area (Å²) in [5.41, 5.74) is 0. The van der Waals surface area contributed by atoms with Crippen LogP contribution in [0.4, 0.5) is 0 Å². The van der Waals surface area contributed by atoms with Gasteiger partial charge in [-0.25, -0.2) is 0 Å². The Morgan fingerprint density at radius 3 is 2.24 bits per heavy atom. The van der Waals surface area contributed by atoms with Crippen molar-refractivity contribution in [2.24, 2.45) is 41.4 Å². The summed E-state index contributed by atoms with van der Waals surface area (Å²) in [6, 6.07) is 0. The van der Waals surface area contributed by atoms with Crippen LogP contribution in [0.2, 0.25) is 0 Å². The van der Waals surface area contributed by atoms with Crippen LogP contribution < -0.4 is 0 Å². The summed E-state index contributed by atoms with van der Waals surface area (Å²) in [6.45, 7) is 11.6. The van der Waals surface area contributed by atoms with Gasteiger partial charge in [0.2, 0.25) is 0 Å². The normalized spacial score (nSPS) is 44.4. The quantitative estimate of drug-likeness (QED) is 0.705. The number of fused-ring (bicyclic) bond motifs is 2. The van der Waals surface area contributed by atoms with Gasteiger partial charge in [0.1, 0.15) is 0 Å². The maximum atomic E-state index is 12.2. The molecule has 2 saturated carbocycles. The second kappa shape index (κ2) is 4.62. The van der Waals surface area contributed by atoms with E-state index in [0.29, 0.717) is 30.3 Å². The number of carbonyl (C=O) groups excluding carboxylic acids is 1. The van der Waals surface area contributed by atoms with Crippen molar-refractivity contribution in [2.45, 2.75) is 41.0 Å². The average Bonchev–Trinajstić information content (AvgIpc) is 2.73. The van der Waals surface area contributed by atoms with E-state index in [1.54, 1.807) is 0 Å². The van der Waals surface area contributed by atoms with Crippen LogP contribution in [0.15, 0.2) is 0 Å². The number of esters is 1. The summed E-state index contributed by atoms with van der Waals surface area (Å²) in [4.78, 5) is 12.2. The van der Waals surface area contributed by atoms with Crippen LogP contribution in [0, 0.1) is 41.4 Å². The summed E-state index contributed by atoms with van der Waals surface area (Å²) >= 11 is 0. The smallest absolute Gasteiger partial charge is 0.309 e. The highest BCUT2D eigenvalue weighted by Crippen LogP contribution is 2.58. The highest BCUT2D eigenvalue weighted by Gasteiger charge is 2.56. The third-order valence-corrected chi connectivity index (χ3v) is 5.26. The number of ether oxygens (including phenoxy) is 1. The Morgan fingerprint density at radius 2 is 1.71 bits per heavy atom. The molecule has 0 spiro atoms. The van der Waals surface area contributed by atoms with Gasteiger partial charge in [-0.05, 0) is 41.9 Å². The number of hydrogen-bond donors (Lipinski definition) is 0. The minimum absolute atomic E-state index is 0.0671. The molecule has 2 heteroatoms. The molecule has 98 valence electrons. The van der Waals surface area contributed by atoms with Gasteiger partial charge in [0, 0.05) is 0 Å². The first-order valence-electron chi connectivity index (χ1n) is 7.10. The summed E-state index contributed by atoms with van der Waals surface area (Å²) in [7, 11) is 0. The van der Waals surface area contributed by atoms with Crippen LogP contribution in [0.1, 0.15) is 41.0 Å². The Kier molecular flexibility index (Phi) is 3.51. The van der Waals surface area contributed by atoms with E-state index in [2.05, 4.69) is 34.6 Å². The Morgan fingerprint density at radius 1 is 1.12 bits per heavy atom. The fraction of sp³-hybridized carbons (Fsp3) is 0.933. The molecule has 2 aliphatic rings. The van der Waals surface area contributed by atoms with Crippen molar-refractivity contribution in [3.8, 4) is 0 Å². The summed E-state index contributed by atoms with van der Waals surface area (Å²) in [5.74, 6) is 3.98. The van der Waals surface area contributed by atoms with Crippen LogP contribution in [0.3, 0.4) is 0 Å². The molecule has 0 aliphatic heterocycles. The maximum Gasteiger partial charge on any atom is 0.309 e. The Balaban J connectivity index is 2.00. The molecular formula is C15H26O2. The lowest BCUT2D eigenvalue weighted by Gasteiger charge is -2.35. The minimum Gasteiger partial charge on any atom is -0.465 e. The van der Waals surface area contributed by atoms with E-state index in [1.807, 2.05) is 0 Å². The molecule has 0 heterocycles. The molecule has 2 bridgehead atoms. The highest BCUT2D eigenvalue weighted by atomic mass is 16.5. The number of carbonyl (C=O) groups is 1. The van der Waals surface area contributed by atoms with Gasteiger partial charge in [0.05, 0.1) is 12.5 Å². The van der Waals surface area contributed by atoms with Crippen molar-refractivity contribution in [3.05, 3.63) is 0 Å². The van der Waals surface area contributed by atoms with Crippen molar-refractivity contribution >= 4 is 5.97 Å². The van der Waals surface area contributed by atoms with Gasteiger partial charge in [-0.3, -0.25) is 4.79 Å². The molecule has 2 aliphatic carbocycles. The fourth-order valence-electron chi connectivity index (χ4n) is 4.08. The van der Waals surface area contributed by atoms with Crippen LogP contribution >= 0.6 is 0 Å². The van der Waals surface area contributed by atoms with Crippen molar-refractivity contribution in [2.75, 3.05) is 6.61 Å². The molecule has 2 fully saturated rings. The van der Waals surface area contributed by atoms with Crippen molar-refractivity contribution < 1.29 is 9.53 Å². The van der Waals surface area contributed by atoms with Crippen molar-refractivity contribution in [1.29, 1.82) is 0 Å². The Hall–Kier alpha value is -0.530. The van der Waals surface area contributed by atoms with Crippen molar-refractivity contribution in [3.63, 3.8) is 0 Å². The molecule has 0 aromatic rings. The second-order valence-corrected chi connectivity index (χ2v) is 6.69. The molecular weight excluding hydrogens is 212 g/mol. The van der Waals surface area contributed by atoms with E-state index < -0.39 is 0 Å². The van der Waals surface area contributed by atoms with Crippen LogP contribution in [0.5, 0.6) is 0 Å². The Labute approximate surface area is 105 Å². The van der Waals surface area contributed by atoms with Gasteiger partial charge in [-0.2, -0.15) is 0 Å². The summed E-state index contributed by atoms with van der Waals surface area (Å²) < 4.78 is 5.46. The monoisotopic (exact) mass is 238 g/mol. The van der Waals surface area contributed by atoms with E-state index in [0.717, 1.165) is 11.8 Å². The summed E-state index contributed by atoms with van der Waals surface area (Å²) in [5, 5.41) is 0. The van der Waals surface area contributed by atoms with E-state index in [9.17, 15) is 4.79 Å². The van der Waals surface area contributed by atoms with Gasteiger partial charge in [0.25, 0.3) is 0 Å². The highest BCUT2D eigenvalue weighted by molar-refractivity contribution is 5.74. The average molecular weight is 238 g/mol. The van der Waals surface area contributed by atoms with Gasteiger partial charge in [-0.1, -0.05) is 34.6 Å². The number of rotatable bonds is 3. The first-order valence-corrected chi connectivity index (χ1v) is 7.10. The molecule has 17 heavy (non-hydrogen) atoms. The minimum atomic E-state index is 0.0671. The third-order valence-electron chi connectivity index (χ3n) is 5.26. The van der Waals surface area contributed by atoms with Crippen LogP contribution in [-0.2, 0) is 9.53 Å². The molecule has 6 unspecified atom stereocenters. The maximum absolute atomic E-state index is 12.2. The lowest BCUT2D eigenvalue weighted by Crippen LogP contribution is -2.37. The molecule has 0 amide bonds. The molecule has 2 rings (SSSR count). The van der Waals surface area contributed by atoms with Gasteiger partial charge < -0.3 is 4.74 Å². The van der Waals surface area contributed by atoms with Crippen molar-refractivity contribution in [1.82, 2.24) is 0 Å². The van der Waals surface area contributed by atoms with Gasteiger partial charge >= 0.3 is 5.97 Å². The topological polar surface area (TPSA) is 26.3 Å². The Bertz CT molecular complexity index is 297. The first kappa shape index (κ1) is 12.9. The second-order valence-electron chi connectivity index (χ2n) is 6.69. The van der Waals surface area contributed by atoms with E-state index in [4.69, 9.17) is 4.74 Å². The molecule has 0 aromatic heterocycles. The fourth-order valence-corrected chi connectivity index (χ4v) is 4.08. The zero-order valence-corrected chi connectivity index (χ0v) is 11.8. The van der Waals surface area contributed by atoms with Gasteiger partial charge in [0.15, 0.2) is 0 Å². The molecule has 0 radical (unpaired) electrons. The SMILES string of the molecule is CC(C)COC(=O)C1C(C)C2CC1C(C)C2C. The molecule has 0 N–H and O–H groups in total. The molecule has 2 nitrogen and oxygen atoms in total.